The van der Waals surface area contributed by atoms with Gasteiger partial charge in [-0.25, -0.2) is 4.98 Å². The zero-order valence-corrected chi connectivity index (χ0v) is 9.73. The van der Waals surface area contributed by atoms with Gasteiger partial charge >= 0.3 is 0 Å². The van der Waals surface area contributed by atoms with Crippen LogP contribution >= 0.6 is 0 Å². The minimum absolute atomic E-state index is 0.00957. The fourth-order valence-corrected chi connectivity index (χ4v) is 1.67. The number of nitrogens with zero attached hydrogens (tertiary/aromatic N) is 1. The second kappa shape index (κ2) is 5.30. The van der Waals surface area contributed by atoms with Crippen LogP contribution in [0.2, 0.25) is 0 Å². The van der Waals surface area contributed by atoms with Crippen molar-refractivity contribution in [1.82, 2.24) is 15.3 Å². The summed E-state index contributed by atoms with van der Waals surface area (Å²) in [5, 5.41) is 3.87. The van der Waals surface area contributed by atoms with Gasteiger partial charge in [-0.15, -0.1) is 0 Å². The van der Waals surface area contributed by atoms with Crippen LogP contribution in [0.5, 0.6) is 0 Å². The molecule has 0 saturated heterocycles. The van der Waals surface area contributed by atoms with Crippen LogP contribution in [0, 0.1) is 0 Å². The maximum atomic E-state index is 10.7. The second-order valence-corrected chi connectivity index (χ2v) is 3.81. The Bertz CT molecular complexity index is 542. The number of hydrogen-bond donors (Lipinski definition) is 2. The Hall–Kier alpha value is -2.10. The van der Waals surface area contributed by atoms with E-state index in [0.29, 0.717) is 6.54 Å². The molecule has 0 aromatic carbocycles. The summed E-state index contributed by atoms with van der Waals surface area (Å²) in [6.07, 6.45) is 8.60. The summed E-state index contributed by atoms with van der Waals surface area (Å²) in [5.74, 6) is 0.00957. The van der Waals surface area contributed by atoms with E-state index in [4.69, 9.17) is 0 Å². The molecule has 2 rings (SSSR count). The summed E-state index contributed by atoms with van der Waals surface area (Å²) in [6.45, 7) is 2.20. The molecule has 17 heavy (non-hydrogen) atoms. The number of carbonyl (C=O) groups excluding carboxylic acids is 1. The summed E-state index contributed by atoms with van der Waals surface area (Å²) in [7, 11) is 0. The van der Waals surface area contributed by atoms with Gasteiger partial charge in [0.15, 0.2) is 0 Å². The molecule has 1 amide bonds. The number of nitrogens with one attached hydrogen (secondary N) is 2. The lowest BCUT2D eigenvalue weighted by molar-refractivity contribution is -0.118. The molecule has 0 unspecified atom stereocenters. The van der Waals surface area contributed by atoms with Gasteiger partial charge in [-0.1, -0.05) is 12.2 Å². The average molecular weight is 229 g/mol. The lowest BCUT2D eigenvalue weighted by Gasteiger charge is -1.98. The molecule has 2 aromatic heterocycles. The molecule has 0 bridgehead atoms. The fourth-order valence-electron chi connectivity index (χ4n) is 1.67. The van der Waals surface area contributed by atoms with E-state index in [2.05, 4.69) is 27.4 Å². The van der Waals surface area contributed by atoms with Crippen LogP contribution in [0.25, 0.3) is 17.1 Å². The van der Waals surface area contributed by atoms with E-state index in [9.17, 15) is 4.79 Å². The first-order valence-corrected chi connectivity index (χ1v) is 5.60. The van der Waals surface area contributed by atoms with Crippen molar-refractivity contribution in [3.63, 3.8) is 0 Å². The third-order valence-electron chi connectivity index (χ3n) is 2.48. The van der Waals surface area contributed by atoms with Crippen molar-refractivity contribution in [1.29, 1.82) is 0 Å². The molecule has 0 aliphatic carbocycles. The normalized spacial score (nSPS) is 11.1. The highest BCUT2D eigenvalue weighted by atomic mass is 16.1. The van der Waals surface area contributed by atoms with Crippen LogP contribution in [0.1, 0.15) is 18.9 Å². The molecule has 2 N–H and O–H groups in total. The van der Waals surface area contributed by atoms with E-state index in [1.807, 2.05) is 18.3 Å². The van der Waals surface area contributed by atoms with Gasteiger partial charge < -0.3 is 10.3 Å². The number of carbonyl (C=O) groups is 1. The Labute approximate surface area is 99.8 Å². The van der Waals surface area contributed by atoms with Crippen molar-refractivity contribution in [3.05, 3.63) is 36.2 Å². The van der Waals surface area contributed by atoms with Crippen LogP contribution in [-0.2, 0) is 4.79 Å². The lowest BCUT2D eigenvalue weighted by atomic mass is 10.1. The smallest absolute Gasteiger partial charge is 0.216 e. The van der Waals surface area contributed by atoms with Gasteiger partial charge in [-0.2, -0.15) is 0 Å². The first-order chi connectivity index (χ1) is 8.27. The summed E-state index contributed by atoms with van der Waals surface area (Å²) < 4.78 is 0. The van der Waals surface area contributed by atoms with Crippen LogP contribution < -0.4 is 5.32 Å². The molecule has 0 fully saturated rings. The molecular weight excluding hydrogens is 214 g/mol. The van der Waals surface area contributed by atoms with Crippen LogP contribution in [-0.4, -0.2) is 22.4 Å². The number of aromatic amines is 1. The minimum atomic E-state index is 0.00957. The number of fused-ring (bicyclic) bond motifs is 1. The number of amides is 1. The molecule has 4 heteroatoms. The maximum absolute atomic E-state index is 10.7. The standard InChI is InChI=1S/C13H15N3O/c1-10(17)14-7-3-2-4-11-5-8-15-13-12(11)6-9-16-13/h2,4-6,8-9H,3,7H2,1H3,(H,14,17)(H,15,16). The topological polar surface area (TPSA) is 57.8 Å². The third kappa shape index (κ3) is 2.93. The van der Waals surface area contributed by atoms with Crippen molar-refractivity contribution in [3.8, 4) is 0 Å². The first kappa shape index (κ1) is 11.4. The van der Waals surface area contributed by atoms with Crippen molar-refractivity contribution >= 4 is 23.0 Å². The zero-order valence-electron chi connectivity index (χ0n) is 9.73. The van der Waals surface area contributed by atoms with Gasteiger partial charge in [0.25, 0.3) is 0 Å². The van der Waals surface area contributed by atoms with Gasteiger partial charge in [0.1, 0.15) is 5.65 Å². The molecule has 0 aliphatic rings. The van der Waals surface area contributed by atoms with E-state index in [0.717, 1.165) is 23.0 Å². The molecule has 0 spiro atoms. The van der Waals surface area contributed by atoms with Crippen molar-refractivity contribution in [2.75, 3.05) is 6.54 Å². The summed E-state index contributed by atoms with van der Waals surface area (Å²) in [6, 6.07) is 3.99. The molecule has 0 aliphatic heterocycles. The van der Waals surface area contributed by atoms with Crippen molar-refractivity contribution < 1.29 is 4.79 Å². The quantitative estimate of drug-likeness (QED) is 0.789. The highest BCUT2D eigenvalue weighted by Gasteiger charge is 1.98. The van der Waals surface area contributed by atoms with Gasteiger partial charge in [-0.3, -0.25) is 4.79 Å². The molecule has 2 aromatic rings. The van der Waals surface area contributed by atoms with E-state index in [1.165, 1.54) is 6.92 Å². The molecule has 88 valence electrons. The number of aromatic nitrogens is 2. The summed E-state index contributed by atoms with van der Waals surface area (Å²) in [5.41, 5.74) is 2.04. The Morgan fingerprint density at radius 1 is 1.53 bits per heavy atom. The van der Waals surface area contributed by atoms with E-state index >= 15 is 0 Å². The molecule has 4 nitrogen and oxygen atoms in total. The summed E-state index contributed by atoms with van der Waals surface area (Å²) in [4.78, 5) is 18.0. The van der Waals surface area contributed by atoms with Gasteiger partial charge in [-0.05, 0) is 24.1 Å². The molecule has 0 atom stereocenters. The fraction of sp³-hybridized carbons (Fsp3) is 0.231. The Balaban J connectivity index is 2.00. The van der Waals surface area contributed by atoms with E-state index in [1.54, 1.807) is 6.20 Å². The summed E-state index contributed by atoms with van der Waals surface area (Å²) >= 11 is 0. The SMILES string of the molecule is CC(=O)NCCC=Cc1ccnc2[nH]ccc12. The van der Waals surface area contributed by atoms with Crippen LogP contribution in [0.4, 0.5) is 0 Å². The predicted octanol–water partition coefficient (Wildman–Crippen LogP) is 2.10. The molecule has 0 radical (unpaired) electrons. The van der Waals surface area contributed by atoms with Gasteiger partial charge in [0.05, 0.1) is 0 Å². The number of pyridine rings is 1. The number of hydrogen-bond acceptors (Lipinski definition) is 2. The largest absolute Gasteiger partial charge is 0.356 e. The van der Waals surface area contributed by atoms with Crippen LogP contribution in [0.15, 0.2) is 30.6 Å². The maximum Gasteiger partial charge on any atom is 0.216 e. The van der Waals surface area contributed by atoms with E-state index < -0.39 is 0 Å². The first-order valence-electron chi connectivity index (χ1n) is 5.60. The van der Waals surface area contributed by atoms with Crippen molar-refractivity contribution in [2.45, 2.75) is 13.3 Å². The highest BCUT2D eigenvalue weighted by Crippen LogP contribution is 2.16. The van der Waals surface area contributed by atoms with Crippen LogP contribution in [0.3, 0.4) is 0 Å². The zero-order chi connectivity index (χ0) is 12.1. The lowest BCUT2D eigenvalue weighted by Crippen LogP contribution is -2.20. The molecule has 0 saturated carbocycles. The Morgan fingerprint density at radius 3 is 3.24 bits per heavy atom. The molecular formula is C13H15N3O. The van der Waals surface area contributed by atoms with E-state index in [-0.39, 0.29) is 5.91 Å². The minimum Gasteiger partial charge on any atom is -0.356 e. The van der Waals surface area contributed by atoms with Gasteiger partial charge in [0, 0.05) is 31.2 Å². The second-order valence-electron chi connectivity index (χ2n) is 3.81. The molecule has 2 heterocycles. The van der Waals surface area contributed by atoms with Gasteiger partial charge in [0.2, 0.25) is 5.91 Å². The number of rotatable bonds is 4. The average Bonchev–Trinajstić information content (AvgIpc) is 2.77. The monoisotopic (exact) mass is 229 g/mol. The Morgan fingerprint density at radius 2 is 2.41 bits per heavy atom. The highest BCUT2D eigenvalue weighted by molar-refractivity contribution is 5.85. The number of H-pyrrole nitrogens is 1. The third-order valence-corrected chi connectivity index (χ3v) is 2.48. The van der Waals surface area contributed by atoms with Crippen molar-refractivity contribution in [2.24, 2.45) is 0 Å². The predicted molar refractivity (Wildman–Crippen MR) is 68.4 cm³/mol. The Kier molecular flexibility index (Phi) is 3.55.